The smallest absolute Gasteiger partial charge is 0.229 e. The lowest BCUT2D eigenvalue weighted by molar-refractivity contribution is -0.141. The van der Waals surface area contributed by atoms with Crippen LogP contribution in [0, 0.1) is 5.41 Å². The maximum atomic E-state index is 12.7. The van der Waals surface area contributed by atoms with E-state index in [1.165, 1.54) is 0 Å². The summed E-state index contributed by atoms with van der Waals surface area (Å²) in [5.41, 5.74) is 0.757. The number of rotatable bonds is 4. The van der Waals surface area contributed by atoms with E-state index in [0.717, 1.165) is 37.2 Å². The van der Waals surface area contributed by atoms with Gasteiger partial charge in [-0.25, -0.2) is 0 Å². The molecule has 1 saturated heterocycles. The van der Waals surface area contributed by atoms with Crippen LogP contribution in [0.1, 0.15) is 25.3 Å². The van der Waals surface area contributed by atoms with E-state index in [-0.39, 0.29) is 11.3 Å². The van der Waals surface area contributed by atoms with Crippen molar-refractivity contribution in [1.29, 1.82) is 0 Å². The van der Waals surface area contributed by atoms with E-state index in [9.17, 15) is 4.79 Å². The standard InChI is InChI=1S/C16H24N2O2/c1-16(9-6-10-17-12-16)15(19)18(2)11-13-7-4-5-8-14(13)20-3/h4-5,7-8,17H,6,9-12H2,1-3H3. The molecule has 1 aliphatic rings. The zero-order chi connectivity index (χ0) is 14.6. The van der Waals surface area contributed by atoms with Crippen LogP contribution in [0.4, 0.5) is 0 Å². The number of nitrogens with zero attached hydrogens (tertiary/aromatic N) is 1. The van der Waals surface area contributed by atoms with E-state index in [1.807, 2.05) is 36.2 Å². The van der Waals surface area contributed by atoms with Gasteiger partial charge in [0.15, 0.2) is 0 Å². The van der Waals surface area contributed by atoms with Crippen molar-refractivity contribution in [2.75, 3.05) is 27.2 Å². The number of hydrogen-bond acceptors (Lipinski definition) is 3. The molecule has 110 valence electrons. The van der Waals surface area contributed by atoms with Gasteiger partial charge in [0, 0.05) is 25.7 Å². The number of nitrogens with one attached hydrogen (secondary N) is 1. The third-order valence-corrected chi connectivity index (χ3v) is 4.06. The third kappa shape index (κ3) is 3.12. The van der Waals surface area contributed by atoms with Crippen molar-refractivity contribution in [3.05, 3.63) is 29.8 Å². The van der Waals surface area contributed by atoms with Crippen LogP contribution >= 0.6 is 0 Å². The maximum Gasteiger partial charge on any atom is 0.229 e. The highest BCUT2D eigenvalue weighted by molar-refractivity contribution is 5.82. The van der Waals surface area contributed by atoms with Crippen LogP contribution in [0.25, 0.3) is 0 Å². The summed E-state index contributed by atoms with van der Waals surface area (Å²) in [6.07, 6.45) is 2.01. The number of carbonyl (C=O) groups is 1. The maximum absolute atomic E-state index is 12.7. The minimum absolute atomic E-state index is 0.204. The van der Waals surface area contributed by atoms with Gasteiger partial charge >= 0.3 is 0 Å². The molecule has 1 aromatic carbocycles. The van der Waals surface area contributed by atoms with Gasteiger partial charge in [-0.1, -0.05) is 18.2 Å². The highest BCUT2D eigenvalue weighted by Gasteiger charge is 2.36. The van der Waals surface area contributed by atoms with Gasteiger partial charge in [-0.05, 0) is 32.4 Å². The van der Waals surface area contributed by atoms with Gasteiger partial charge in [-0.15, -0.1) is 0 Å². The molecule has 0 spiro atoms. The molecule has 2 rings (SSSR count). The fourth-order valence-corrected chi connectivity index (χ4v) is 2.86. The van der Waals surface area contributed by atoms with Crippen molar-refractivity contribution in [3.8, 4) is 5.75 Å². The molecule has 0 saturated carbocycles. The zero-order valence-corrected chi connectivity index (χ0v) is 12.6. The Morgan fingerprint density at radius 3 is 2.85 bits per heavy atom. The van der Waals surface area contributed by atoms with Gasteiger partial charge in [-0.3, -0.25) is 4.79 Å². The summed E-state index contributed by atoms with van der Waals surface area (Å²) >= 11 is 0. The minimum Gasteiger partial charge on any atom is -0.496 e. The molecule has 1 heterocycles. The summed E-state index contributed by atoms with van der Waals surface area (Å²) in [6, 6.07) is 7.85. The Hall–Kier alpha value is -1.55. The van der Waals surface area contributed by atoms with Crippen LogP contribution in [0.2, 0.25) is 0 Å². The van der Waals surface area contributed by atoms with Gasteiger partial charge in [-0.2, -0.15) is 0 Å². The van der Waals surface area contributed by atoms with E-state index in [1.54, 1.807) is 7.11 Å². The fraction of sp³-hybridized carbons (Fsp3) is 0.562. The Morgan fingerprint density at radius 2 is 2.20 bits per heavy atom. The lowest BCUT2D eigenvalue weighted by Gasteiger charge is -2.36. The first kappa shape index (κ1) is 14.9. The van der Waals surface area contributed by atoms with Crippen LogP contribution in [-0.4, -0.2) is 38.1 Å². The molecule has 0 aliphatic carbocycles. The van der Waals surface area contributed by atoms with E-state index in [4.69, 9.17) is 4.74 Å². The van der Waals surface area contributed by atoms with E-state index in [2.05, 4.69) is 12.2 Å². The quantitative estimate of drug-likeness (QED) is 0.915. The van der Waals surface area contributed by atoms with Crippen molar-refractivity contribution >= 4 is 5.91 Å². The number of amides is 1. The molecule has 4 nitrogen and oxygen atoms in total. The molecule has 0 bridgehead atoms. The molecule has 1 fully saturated rings. The molecule has 4 heteroatoms. The van der Waals surface area contributed by atoms with Crippen molar-refractivity contribution in [2.45, 2.75) is 26.3 Å². The van der Waals surface area contributed by atoms with E-state index < -0.39 is 0 Å². The molecule has 1 atom stereocenters. The predicted molar refractivity (Wildman–Crippen MR) is 79.7 cm³/mol. The van der Waals surface area contributed by atoms with Crippen molar-refractivity contribution < 1.29 is 9.53 Å². The Kier molecular flexibility index (Phi) is 4.65. The molecule has 1 amide bonds. The largest absolute Gasteiger partial charge is 0.496 e. The molecule has 1 N–H and O–H groups in total. The monoisotopic (exact) mass is 276 g/mol. The van der Waals surface area contributed by atoms with Gasteiger partial charge in [0.25, 0.3) is 0 Å². The van der Waals surface area contributed by atoms with Crippen LogP contribution in [0.15, 0.2) is 24.3 Å². The summed E-state index contributed by atoms with van der Waals surface area (Å²) in [4.78, 5) is 14.5. The SMILES string of the molecule is COc1ccccc1CN(C)C(=O)C1(C)CCCNC1. The number of piperidine rings is 1. The Morgan fingerprint density at radius 1 is 1.45 bits per heavy atom. The molecule has 0 radical (unpaired) electrons. The lowest BCUT2D eigenvalue weighted by atomic mass is 9.81. The van der Waals surface area contributed by atoms with Crippen molar-refractivity contribution in [2.24, 2.45) is 5.41 Å². The van der Waals surface area contributed by atoms with E-state index in [0.29, 0.717) is 6.54 Å². The molecular formula is C16H24N2O2. The Bertz CT molecular complexity index is 467. The van der Waals surface area contributed by atoms with Gasteiger partial charge in [0.2, 0.25) is 5.91 Å². The number of ether oxygens (including phenoxy) is 1. The Balaban J connectivity index is 2.07. The average Bonchev–Trinajstić information content (AvgIpc) is 2.47. The summed E-state index contributed by atoms with van der Waals surface area (Å²) < 4.78 is 5.35. The lowest BCUT2D eigenvalue weighted by Crippen LogP contribution is -2.48. The first-order valence-corrected chi connectivity index (χ1v) is 7.15. The van der Waals surface area contributed by atoms with Gasteiger partial charge in [0.05, 0.1) is 12.5 Å². The van der Waals surface area contributed by atoms with Crippen molar-refractivity contribution in [3.63, 3.8) is 0 Å². The highest BCUT2D eigenvalue weighted by Crippen LogP contribution is 2.29. The molecule has 20 heavy (non-hydrogen) atoms. The normalized spacial score (nSPS) is 22.4. The van der Waals surface area contributed by atoms with Crippen LogP contribution < -0.4 is 10.1 Å². The number of methoxy groups -OCH3 is 1. The fourth-order valence-electron chi connectivity index (χ4n) is 2.86. The van der Waals surface area contributed by atoms with Crippen molar-refractivity contribution in [1.82, 2.24) is 10.2 Å². The topological polar surface area (TPSA) is 41.6 Å². The second-order valence-electron chi connectivity index (χ2n) is 5.81. The number of para-hydroxylation sites is 1. The van der Waals surface area contributed by atoms with Crippen LogP contribution in [0.5, 0.6) is 5.75 Å². The second kappa shape index (κ2) is 6.27. The zero-order valence-electron chi connectivity index (χ0n) is 12.6. The van der Waals surface area contributed by atoms with Crippen LogP contribution in [0.3, 0.4) is 0 Å². The summed E-state index contributed by atoms with van der Waals surface area (Å²) in [7, 11) is 3.53. The molecular weight excluding hydrogens is 252 g/mol. The summed E-state index contributed by atoms with van der Waals surface area (Å²) in [5.74, 6) is 1.04. The van der Waals surface area contributed by atoms with Crippen LogP contribution in [-0.2, 0) is 11.3 Å². The Labute approximate surface area is 121 Å². The third-order valence-electron chi connectivity index (χ3n) is 4.06. The second-order valence-corrected chi connectivity index (χ2v) is 5.81. The minimum atomic E-state index is -0.283. The predicted octanol–water partition coefficient (Wildman–Crippen LogP) is 2.04. The molecule has 1 unspecified atom stereocenters. The number of hydrogen-bond donors (Lipinski definition) is 1. The number of benzene rings is 1. The molecule has 1 aromatic rings. The first-order chi connectivity index (χ1) is 9.57. The van der Waals surface area contributed by atoms with E-state index >= 15 is 0 Å². The molecule has 0 aromatic heterocycles. The first-order valence-electron chi connectivity index (χ1n) is 7.15. The highest BCUT2D eigenvalue weighted by atomic mass is 16.5. The van der Waals surface area contributed by atoms with Gasteiger partial charge in [0.1, 0.15) is 5.75 Å². The molecule has 1 aliphatic heterocycles. The summed E-state index contributed by atoms with van der Waals surface area (Å²) in [6.45, 7) is 4.42. The average molecular weight is 276 g/mol. The van der Waals surface area contributed by atoms with Gasteiger partial charge < -0.3 is 15.0 Å². The number of carbonyl (C=O) groups excluding carboxylic acids is 1. The summed E-state index contributed by atoms with van der Waals surface area (Å²) in [5, 5.41) is 3.33.